The molecule has 0 spiro atoms. The van der Waals surface area contributed by atoms with Crippen molar-refractivity contribution in [1.82, 2.24) is 0 Å². The van der Waals surface area contributed by atoms with E-state index < -0.39 is 0 Å². The Kier molecular flexibility index (Phi) is 4.04. The summed E-state index contributed by atoms with van der Waals surface area (Å²) in [4.78, 5) is 11.8. The molecule has 2 nitrogen and oxygen atoms in total. The zero-order chi connectivity index (χ0) is 15.7. The first kappa shape index (κ1) is 14.9. The summed E-state index contributed by atoms with van der Waals surface area (Å²) < 4.78 is 4.83. The zero-order valence-corrected chi connectivity index (χ0v) is 13.4. The van der Waals surface area contributed by atoms with E-state index in [4.69, 9.17) is 16.3 Å². The van der Waals surface area contributed by atoms with E-state index in [0.29, 0.717) is 5.56 Å². The van der Waals surface area contributed by atoms with E-state index in [1.165, 1.54) is 18.2 Å². The molecule has 0 heterocycles. The molecule has 0 saturated heterocycles. The molecule has 2 aromatic rings. The number of halogens is 1. The molecule has 0 unspecified atom stereocenters. The molecule has 0 fully saturated rings. The van der Waals surface area contributed by atoms with Crippen molar-refractivity contribution in [3.63, 3.8) is 0 Å². The molecule has 22 heavy (non-hydrogen) atoms. The number of esters is 1. The average Bonchev–Trinajstić information content (AvgIpc) is 2.53. The average molecular weight is 313 g/mol. The normalized spacial score (nSPS) is 13.3. The van der Waals surface area contributed by atoms with Crippen LogP contribution in [0.3, 0.4) is 0 Å². The number of benzene rings is 2. The number of hydrogen-bond acceptors (Lipinski definition) is 2. The van der Waals surface area contributed by atoms with E-state index in [2.05, 4.69) is 13.0 Å². The number of carbonyl (C=O) groups excluding carboxylic acids is 1. The highest BCUT2D eigenvalue weighted by Crippen LogP contribution is 2.34. The van der Waals surface area contributed by atoms with Gasteiger partial charge in [0.2, 0.25) is 0 Å². The second-order valence-corrected chi connectivity index (χ2v) is 5.92. The Hall–Kier alpha value is -2.06. The van der Waals surface area contributed by atoms with Gasteiger partial charge in [-0.3, -0.25) is 0 Å². The van der Waals surface area contributed by atoms with Gasteiger partial charge in [0, 0.05) is 5.02 Å². The SMILES string of the molecule is COC(=O)c1ccc2c(c1)C(c1ccc(Cl)cc1C)=CCC2. The van der Waals surface area contributed by atoms with Crippen molar-refractivity contribution in [1.29, 1.82) is 0 Å². The topological polar surface area (TPSA) is 26.3 Å². The summed E-state index contributed by atoms with van der Waals surface area (Å²) in [7, 11) is 1.40. The van der Waals surface area contributed by atoms with Crippen LogP contribution >= 0.6 is 11.6 Å². The largest absolute Gasteiger partial charge is 0.465 e. The van der Waals surface area contributed by atoms with Crippen LogP contribution in [-0.4, -0.2) is 13.1 Å². The molecule has 112 valence electrons. The van der Waals surface area contributed by atoms with E-state index in [-0.39, 0.29) is 5.97 Å². The van der Waals surface area contributed by atoms with Gasteiger partial charge in [0.15, 0.2) is 0 Å². The third-order valence-electron chi connectivity index (χ3n) is 4.06. The summed E-state index contributed by atoms with van der Waals surface area (Å²) in [5, 5.41) is 0.737. The lowest BCUT2D eigenvalue weighted by Gasteiger charge is -2.20. The lowest BCUT2D eigenvalue weighted by molar-refractivity contribution is 0.0600. The molecule has 3 rings (SSSR count). The van der Waals surface area contributed by atoms with Gasteiger partial charge in [-0.05, 0) is 71.9 Å². The van der Waals surface area contributed by atoms with Gasteiger partial charge < -0.3 is 4.74 Å². The third kappa shape index (κ3) is 2.67. The number of ether oxygens (including phenoxy) is 1. The van der Waals surface area contributed by atoms with Crippen molar-refractivity contribution in [2.45, 2.75) is 19.8 Å². The summed E-state index contributed by atoms with van der Waals surface area (Å²) in [5.74, 6) is -0.305. The summed E-state index contributed by atoms with van der Waals surface area (Å²) in [5.41, 5.74) is 6.42. The van der Waals surface area contributed by atoms with E-state index in [9.17, 15) is 4.79 Å². The van der Waals surface area contributed by atoms with Crippen LogP contribution in [-0.2, 0) is 11.2 Å². The zero-order valence-electron chi connectivity index (χ0n) is 12.7. The van der Waals surface area contributed by atoms with Gasteiger partial charge in [-0.2, -0.15) is 0 Å². The number of rotatable bonds is 2. The second kappa shape index (κ2) is 5.98. The number of carbonyl (C=O) groups is 1. The highest BCUT2D eigenvalue weighted by molar-refractivity contribution is 6.30. The predicted octanol–water partition coefficient (Wildman–Crippen LogP) is 4.81. The van der Waals surface area contributed by atoms with E-state index in [1.807, 2.05) is 36.4 Å². The lowest BCUT2D eigenvalue weighted by atomic mass is 9.84. The first-order valence-corrected chi connectivity index (χ1v) is 7.66. The van der Waals surface area contributed by atoms with Crippen LogP contribution in [0.5, 0.6) is 0 Å². The van der Waals surface area contributed by atoms with Gasteiger partial charge in [0.1, 0.15) is 0 Å². The number of methoxy groups -OCH3 is 1. The molecule has 3 heteroatoms. The minimum absolute atomic E-state index is 0.305. The maximum absolute atomic E-state index is 11.8. The predicted molar refractivity (Wildman–Crippen MR) is 89.4 cm³/mol. The summed E-state index contributed by atoms with van der Waals surface area (Å²) >= 11 is 6.06. The van der Waals surface area contributed by atoms with Gasteiger partial charge >= 0.3 is 5.97 Å². The Morgan fingerprint density at radius 3 is 2.68 bits per heavy atom. The van der Waals surface area contributed by atoms with E-state index >= 15 is 0 Å². The van der Waals surface area contributed by atoms with Crippen molar-refractivity contribution >= 4 is 23.1 Å². The molecule has 0 saturated carbocycles. The molecular formula is C19H17ClO2. The molecule has 0 radical (unpaired) electrons. The first-order valence-electron chi connectivity index (χ1n) is 7.28. The Morgan fingerprint density at radius 2 is 1.95 bits per heavy atom. The Bertz CT molecular complexity index is 775. The Labute approximate surface area is 135 Å². The van der Waals surface area contributed by atoms with E-state index in [0.717, 1.165) is 34.6 Å². The molecule has 0 aromatic heterocycles. The van der Waals surface area contributed by atoms with E-state index in [1.54, 1.807) is 0 Å². The minimum Gasteiger partial charge on any atom is -0.465 e. The molecular weight excluding hydrogens is 296 g/mol. The Morgan fingerprint density at radius 1 is 1.14 bits per heavy atom. The standard InChI is InChI=1S/C19H17ClO2/c1-12-10-15(20)8-9-16(12)17-5-3-4-13-6-7-14(11-18(13)17)19(21)22-2/h5-11H,3-4H2,1-2H3. The van der Waals surface area contributed by atoms with Crippen LogP contribution in [0.1, 0.15) is 39.0 Å². The fraction of sp³-hybridized carbons (Fsp3) is 0.211. The van der Waals surface area contributed by atoms with Crippen molar-refractivity contribution in [2.75, 3.05) is 7.11 Å². The van der Waals surface area contributed by atoms with Crippen molar-refractivity contribution < 1.29 is 9.53 Å². The fourth-order valence-electron chi connectivity index (χ4n) is 2.96. The smallest absolute Gasteiger partial charge is 0.337 e. The summed E-state index contributed by atoms with van der Waals surface area (Å²) in [6.45, 7) is 2.06. The van der Waals surface area contributed by atoms with Crippen LogP contribution in [0.4, 0.5) is 0 Å². The van der Waals surface area contributed by atoms with Crippen LogP contribution in [0, 0.1) is 6.92 Å². The molecule has 0 amide bonds. The number of hydrogen-bond donors (Lipinski definition) is 0. The number of aryl methyl sites for hydroxylation is 2. The van der Waals surface area contributed by atoms with Gasteiger partial charge in [-0.15, -0.1) is 0 Å². The maximum Gasteiger partial charge on any atom is 0.337 e. The van der Waals surface area contributed by atoms with Gasteiger partial charge in [0.25, 0.3) is 0 Å². The first-order chi connectivity index (χ1) is 10.6. The van der Waals surface area contributed by atoms with Crippen LogP contribution in [0.25, 0.3) is 5.57 Å². The lowest BCUT2D eigenvalue weighted by Crippen LogP contribution is -2.07. The highest BCUT2D eigenvalue weighted by atomic mass is 35.5. The van der Waals surface area contributed by atoms with Crippen molar-refractivity contribution in [3.05, 3.63) is 75.3 Å². The Balaban J connectivity index is 2.12. The molecule has 0 bridgehead atoms. The van der Waals surface area contributed by atoms with Crippen LogP contribution in [0.2, 0.25) is 5.02 Å². The molecule has 0 N–H and O–H groups in total. The highest BCUT2D eigenvalue weighted by Gasteiger charge is 2.18. The van der Waals surface area contributed by atoms with Gasteiger partial charge in [-0.25, -0.2) is 4.79 Å². The quantitative estimate of drug-likeness (QED) is 0.744. The molecule has 1 aliphatic carbocycles. The number of allylic oxidation sites excluding steroid dienone is 1. The summed E-state index contributed by atoms with van der Waals surface area (Å²) in [6, 6.07) is 11.7. The maximum atomic E-state index is 11.8. The second-order valence-electron chi connectivity index (χ2n) is 5.48. The minimum atomic E-state index is -0.305. The fourth-order valence-corrected chi connectivity index (χ4v) is 3.18. The monoisotopic (exact) mass is 312 g/mol. The van der Waals surface area contributed by atoms with Crippen molar-refractivity contribution in [2.24, 2.45) is 0 Å². The van der Waals surface area contributed by atoms with Crippen LogP contribution in [0.15, 0.2) is 42.5 Å². The van der Waals surface area contributed by atoms with Gasteiger partial charge in [0.05, 0.1) is 12.7 Å². The molecule has 1 aliphatic rings. The van der Waals surface area contributed by atoms with Crippen LogP contribution < -0.4 is 0 Å². The number of fused-ring (bicyclic) bond motifs is 1. The molecule has 0 aliphatic heterocycles. The third-order valence-corrected chi connectivity index (χ3v) is 4.30. The summed E-state index contributed by atoms with van der Waals surface area (Å²) in [6.07, 6.45) is 4.23. The molecule has 2 aromatic carbocycles. The van der Waals surface area contributed by atoms with Crippen molar-refractivity contribution in [3.8, 4) is 0 Å². The molecule has 0 atom stereocenters. The van der Waals surface area contributed by atoms with Gasteiger partial charge in [-0.1, -0.05) is 29.8 Å².